The van der Waals surface area contributed by atoms with Crippen molar-refractivity contribution >= 4 is 34.8 Å². The second-order valence-electron chi connectivity index (χ2n) is 6.18. The summed E-state index contributed by atoms with van der Waals surface area (Å²) in [5.74, 6) is -1.70. The topological polar surface area (TPSA) is 49.4 Å². The molecule has 0 atom stereocenters. The molecule has 1 aliphatic heterocycles. The monoisotopic (exact) mass is 394 g/mol. The van der Waals surface area contributed by atoms with Crippen LogP contribution in [0.25, 0.3) is 0 Å². The highest BCUT2D eigenvalue weighted by atomic mass is 35.5. The predicted octanol–water partition coefficient (Wildman–Crippen LogP) is 4.76. The van der Waals surface area contributed by atoms with Crippen molar-refractivity contribution in [2.24, 2.45) is 0 Å². The van der Waals surface area contributed by atoms with Crippen molar-refractivity contribution in [2.45, 2.75) is 20.0 Å². The third-order valence-corrected chi connectivity index (χ3v) is 4.30. The van der Waals surface area contributed by atoms with Crippen LogP contribution in [0.15, 0.2) is 53.2 Å². The molecule has 0 fully saturated rings. The summed E-state index contributed by atoms with van der Waals surface area (Å²) < 4.78 is 38.8. The van der Waals surface area contributed by atoms with Gasteiger partial charge in [-0.05, 0) is 55.3 Å². The summed E-state index contributed by atoms with van der Waals surface area (Å²) in [7, 11) is 0. The first-order valence-electron chi connectivity index (χ1n) is 7.89. The first kappa shape index (κ1) is 19.0. The number of amides is 2. The van der Waals surface area contributed by atoms with Crippen molar-refractivity contribution in [2.75, 3.05) is 10.2 Å². The van der Waals surface area contributed by atoms with Crippen LogP contribution in [-0.2, 0) is 15.8 Å². The molecule has 0 radical (unpaired) electrons. The van der Waals surface area contributed by atoms with Gasteiger partial charge >= 0.3 is 6.18 Å². The highest BCUT2D eigenvalue weighted by Crippen LogP contribution is 2.35. The van der Waals surface area contributed by atoms with Gasteiger partial charge in [-0.2, -0.15) is 13.2 Å². The van der Waals surface area contributed by atoms with Gasteiger partial charge in [0.05, 0.1) is 11.3 Å². The summed E-state index contributed by atoms with van der Waals surface area (Å²) in [4.78, 5) is 25.7. The molecule has 2 aromatic carbocycles. The second kappa shape index (κ2) is 6.74. The average molecular weight is 395 g/mol. The van der Waals surface area contributed by atoms with E-state index < -0.39 is 23.6 Å². The molecule has 0 aliphatic carbocycles. The number of hydrogen-bond acceptors (Lipinski definition) is 3. The van der Waals surface area contributed by atoms with Crippen molar-refractivity contribution in [3.8, 4) is 0 Å². The van der Waals surface area contributed by atoms with Crippen molar-refractivity contribution in [1.29, 1.82) is 0 Å². The molecule has 0 spiro atoms. The van der Waals surface area contributed by atoms with Gasteiger partial charge in [-0.25, -0.2) is 4.90 Å². The summed E-state index contributed by atoms with van der Waals surface area (Å²) >= 11 is 6.01. The van der Waals surface area contributed by atoms with Crippen LogP contribution in [0.4, 0.5) is 24.5 Å². The number of carbonyl (C=O) groups excluding carboxylic acids is 2. The lowest BCUT2D eigenvalue weighted by atomic mass is 10.1. The fourth-order valence-electron chi connectivity index (χ4n) is 2.86. The average Bonchev–Trinajstić information content (AvgIpc) is 2.77. The Kier molecular flexibility index (Phi) is 4.73. The first-order chi connectivity index (χ1) is 12.6. The summed E-state index contributed by atoms with van der Waals surface area (Å²) in [6.45, 7) is 3.73. The van der Waals surface area contributed by atoms with Gasteiger partial charge < -0.3 is 5.32 Å². The molecule has 1 aliphatic rings. The second-order valence-corrected chi connectivity index (χ2v) is 6.56. The van der Waals surface area contributed by atoms with Crippen LogP contribution in [0.1, 0.15) is 16.7 Å². The van der Waals surface area contributed by atoms with E-state index >= 15 is 0 Å². The van der Waals surface area contributed by atoms with E-state index in [9.17, 15) is 22.8 Å². The molecular formula is C19H14ClF3N2O2. The maximum absolute atomic E-state index is 12.9. The number of alkyl halides is 3. The van der Waals surface area contributed by atoms with E-state index in [1.165, 1.54) is 6.07 Å². The minimum absolute atomic E-state index is 0.177. The minimum Gasteiger partial charge on any atom is -0.350 e. The van der Waals surface area contributed by atoms with E-state index in [4.69, 9.17) is 11.6 Å². The zero-order chi connectivity index (χ0) is 19.9. The van der Waals surface area contributed by atoms with E-state index in [1.807, 2.05) is 19.9 Å². The molecule has 0 saturated heterocycles. The van der Waals surface area contributed by atoms with Crippen LogP contribution in [0.3, 0.4) is 0 Å². The Morgan fingerprint density at radius 3 is 2.19 bits per heavy atom. The maximum atomic E-state index is 12.9. The van der Waals surface area contributed by atoms with E-state index in [-0.39, 0.29) is 16.4 Å². The summed E-state index contributed by atoms with van der Waals surface area (Å²) in [6.07, 6.45) is -4.60. The molecule has 1 heterocycles. The van der Waals surface area contributed by atoms with Gasteiger partial charge in [0.25, 0.3) is 11.8 Å². The minimum atomic E-state index is -4.60. The molecule has 2 aromatic rings. The Balaban J connectivity index is 1.95. The van der Waals surface area contributed by atoms with Crippen LogP contribution in [0.5, 0.6) is 0 Å². The molecule has 8 heteroatoms. The Bertz CT molecular complexity index is 963. The lowest BCUT2D eigenvalue weighted by molar-refractivity contribution is -0.137. The third kappa shape index (κ3) is 3.68. The third-order valence-electron chi connectivity index (χ3n) is 3.95. The Hall–Kier alpha value is -2.80. The SMILES string of the molecule is Cc1cc(C)cc(NC2=C(Cl)C(=O)N(c3cccc(C(F)(F)F)c3)C2=O)c1. The van der Waals surface area contributed by atoms with Crippen molar-refractivity contribution in [3.05, 3.63) is 69.9 Å². The largest absolute Gasteiger partial charge is 0.416 e. The molecule has 140 valence electrons. The molecule has 27 heavy (non-hydrogen) atoms. The summed E-state index contributed by atoms with van der Waals surface area (Å²) in [5.41, 5.74) is 1.07. The lowest BCUT2D eigenvalue weighted by Crippen LogP contribution is -2.32. The Morgan fingerprint density at radius 1 is 0.963 bits per heavy atom. The predicted molar refractivity (Wildman–Crippen MR) is 96.4 cm³/mol. The number of nitrogens with one attached hydrogen (secondary N) is 1. The van der Waals surface area contributed by atoms with Crippen LogP contribution < -0.4 is 10.2 Å². The van der Waals surface area contributed by atoms with Gasteiger partial charge in [0.1, 0.15) is 10.7 Å². The van der Waals surface area contributed by atoms with Gasteiger partial charge in [-0.3, -0.25) is 9.59 Å². The smallest absolute Gasteiger partial charge is 0.350 e. The number of aryl methyl sites for hydroxylation is 2. The molecule has 2 amide bonds. The standard InChI is InChI=1S/C19H14ClF3N2O2/c1-10-6-11(2)8-13(7-10)24-16-15(20)17(26)25(18(16)27)14-5-3-4-12(9-14)19(21,22)23/h3-9,24H,1-2H3. The van der Waals surface area contributed by atoms with Gasteiger partial charge in [0.2, 0.25) is 0 Å². The molecule has 0 aromatic heterocycles. The highest BCUT2D eigenvalue weighted by molar-refractivity contribution is 6.53. The molecule has 0 unspecified atom stereocenters. The zero-order valence-corrected chi connectivity index (χ0v) is 15.1. The van der Waals surface area contributed by atoms with Gasteiger partial charge in [0.15, 0.2) is 0 Å². The van der Waals surface area contributed by atoms with Crippen molar-refractivity contribution in [3.63, 3.8) is 0 Å². The Labute approximate surface area is 158 Å². The normalized spacial score (nSPS) is 15.0. The lowest BCUT2D eigenvalue weighted by Gasteiger charge is -2.17. The number of carbonyl (C=O) groups is 2. The number of hydrogen-bond donors (Lipinski definition) is 1. The summed E-state index contributed by atoms with van der Waals surface area (Å²) in [6, 6.07) is 9.41. The molecule has 1 N–H and O–H groups in total. The first-order valence-corrected chi connectivity index (χ1v) is 8.27. The van der Waals surface area contributed by atoms with Crippen LogP contribution >= 0.6 is 11.6 Å². The fraction of sp³-hybridized carbons (Fsp3) is 0.158. The number of rotatable bonds is 3. The summed E-state index contributed by atoms with van der Waals surface area (Å²) in [5, 5.41) is 2.43. The number of benzene rings is 2. The molecule has 0 bridgehead atoms. The van der Waals surface area contributed by atoms with Gasteiger partial charge in [-0.1, -0.05) is 23.7 Å². The molecular weight excluding hydrogens is 381 g/mol. The maximum Gasteiger partial charge on any atom is 0.416 e. The zero-order valence-electron chi connectivity index (χ0n) is 14.3. The number of halogens is 4. The van der Waals surface area contributed by atoms with Crippen LogP contribution in [0.2, 0.25) is 0 Å². The number of anilines is 2. The van der Waals surface area contributed by atoms with Gasteiger partial charge in [0, 0.05) is 5.69 Å². The fourth-order valence-corrected chi connectivity index (χ4v) is 3.07. The highest BCUT2D eigenvalue weighted by Gasteiger charge is 2.40. The molecule has 0 saturated carbocycles. The van der Waals surface area contributed by atoms with Gasteiger partial charge in [-0.15, -0.1) is 0 Å². The van der Waals surface area contributed by atoms with Crippen LogP contribution in [-0.4, -0.2) is 11.8 Å². The molecule has 4 nitrogen and oxygen atoms in total. The van der Waals surface area contributed by atoms with Crippen molar-refractivity contribution in [1.82, 2.24) is 0 Å². The van der Waals surface area contributed by atoms with E-state index in [0.717, 1.165) is 29.3 Å². The van der Waals surface area contributed by atoms with Crippen LogP contribution in [0, 0.1) is 13.8 Å². The van der Waals surface area contributed by atoms with E-state index in [1.54, 1.807) is 12.1 Å². The number of nitrogens with zero attached hydrogens (tertiary/aromatic N) is 1. The Morgan fingerprint density at radius 2 is 1.59 bits per heavy atom. The quantitative estimate of drug-likeness (QED) is 0.764. The van der Waals surface area contributed by atoms with E-state index in [0.29, 0.717) is 10.6 Å². The molecule has 3 rings (SSSR count). The van der Waals surface area contributed by atoms with Crippen molar-refractivity contribution < 1.29 is 22.8 Å². The van der Waals surface area contributed by atoms with E-state index in [2.05, 4.69) is 5.32 Å². The number of imide groups is 1.